The van der Waals surface area contributed by atoms with Crippen LogP contribution in [0, 0.1) is 5.92 Å². The minimum Gasteiger partial charge on any atom is -0.371 e. The number of H-pyrrole nitrogens is 1. The number of aromatic amines is 1. The molecule has 3 heterocycles. The first-order chi connectivity index (χ1) is 17.2. The summed E-state index contributed by atoms with van der Waals surface area (Å²) < 4.78 is 0. The number of fused-ring (bicyclic) bond motifs is 1. The van der Waals surface area contributed by atoms with Crippen molar-refractivity contribution in [3.05, 3.63) is 90.9 Å². The van der Waals surface area contributed by atoms with Gasteiger partial charge in [0.25, 0.3) is 5.91 Å². The highest BCUT2D eigenvalue weighted by molar-refractivity contribution is 6.10. The molecule has 0 radical (unpaired) electrons. The molecule has 1 fully saturated rings. The van der Waals surface area contributed by atoms with Crippen LogP contribution < -0.4 is 15.1 Å². The molecule has 0 atom stereocenters. The van der Waals surface area contributed by atoms with Gasteiger partial charge in [0.15, 0.2) is 0 Å². The molecule has 0 saturated carbocycles. The van der Waals surface area contributed by atoms with Gasteiger partial charge in [-0.25, -0.2) is 0 Å². The molecule has 4 aromatic rings. The van der Waals surface area contributed by atoms with Crippen LogP contribution in [0.25, 0.3) is 10.9 Å². The highest BCUT2D eigenvalue weighted by atomic mass is 16.2. The fourth-order valence-electron chi connectivity index (χ4n) is 4.63. The molecule has 2 N–H and O–H groups in total. The van der Waals surface area contributed by atoms with Crippen molar-refractivity contribution in [2.75, 3.05) is 36.0 Å². The third kappa shape index (κ3) is 5.35. The standard InChI is InChI=1S/C28H29N5O2/c34-27(31-19-21-11-16-32(17-12-21)24-9-13-29-14-10-24)20-33(25-4-2-1-3-5-25)28(35)23-7-6-22-8-15-30-26(22)18-23/h1-10,13-15,18,21,30H,11-12,16-17,19-20H2,(H,31,34). The van der Waals surface area contributed by atoms with E-state index in [9.17, 15) is 9.59 Å². The summed E-state index contributed by atoms with van der Waals surface area (Å²) >= 11 is 0. The molecule has 5 rings (SSSR count). The summed E-state index contributed by atoms with van der Waals surface area (Å²) in [5.41, 5.74) is 3.33. The van der Waals surface area contributed by atoms with Gasteiger partial charge in [-0.2, -0.15) is 0 Å². The summed E-state index contributed by atoms with van der Waals surface area (Å²) in [6.07, 6.45) is 7.51. The number of anilines is 2. The Kier molecular flexibility index (Phi) is 6.75. The molecule has 0 bridgehead atoms. The molecule has 1 aliphatic heterocycles. The molecule has 178 valence electrons. The Morgan fingerprint density at radius 1 is 1.00 bits per heavy atom. The fraction of sp³-hybridized carbons (Fsp3) is 0.250. The van der Waals surface area contributed by atoms with E-state index in [2.05, 4.69) is 20.2 Å². The summed E-state index contributed by atoms with van der Waals surface area (Å²) in [6.45, 7) is 2.51. The Morgan fingerprint density at radius 3 is 2.54 bits per heavy atom. The van der Waals surface area contributed by atoms with E-state index in [1.807, 2.05) is 85.3 Å². The summed E-state index contributed by atoms with van der Waals surface area (Å²) in [4.78, 5) is 37.5. The average molecular weight is 468 g/mol. The van der Waals surface area contributed by atoms with Gasteiger partial charge in [0.05, 0.1) is 0 Å². The van der Waals surface area contributed by atoms with Crippen molar-refractivity contribution in [2.24, 2.45) is 5.92 Å². The number of aromatic nitrogens is 2. The maximum absolute atomic E-state index is 13.4. The van der Waals surface area contributed by atoms with E-state index in [0.29, 0.717) is 23.7 Å². The van der Waals surface area contributed by atoms with Gasteiger partial charge in [-0.15, -0.1) is 0 Å². The second-order valence-corrected chi connectivity index (χ2v) is 8.95. The van der Waals surface area contributed by atoms with Crippen molar-refractivity contribution in [2.45, 2.75) is 12.8 Å². The third-order valence-electron chi connectivity index (χ3n) is 6.65. The molecule has 7 heteroatoms. The van der Waals surface area contributed by atoms with Crippen LogP contribution in [0.1, 0.15) is 23.2 Å². The van der Waals surface area contributed by atoms with Crippen LogP contribution in [-0.4, -0.2) is 48.0 Å². The Hall–Kier alpha value is -4.13. The quantitative estimate of drug-likeness (QED) is 0.426. The summed E-state index contributed by atoms with van der Waals surface area (Å²) in [6, 6.07) is 20.9. The number of nitrogens with one attached hydrogen (secondary N) is 2. The number of carbonyl (C=O) groups is 2. The molecule has 7 nitrogen and oxygen atoms in total. The van der Waals surface area contributed by atoms with Crippen molar-refractivity contribution in [1.29, 1.82) is 0 Å². The van der Waals surface area contributed by atoms with Crippen molar-refractivity contribution < 1.29 is 9.59 Å². The lowest BCUT2D eigenvalue weighted by molar-refractivity contribution is -0.119. The van der Waals surface area contributed by atoms with Gasteiger partial charge in [-0.1, -0.05) is 24.3 Å². The van der Waals surface area contributed by atoms with Crippen LogP contribution in [0.3, 0.4) is 0 Å². The van der Waals surface area contributed by atoms with E-state index in [1.165, 1.54) is 5.69 Å². The Morgan fingerprint density at radius 2 is 1.77 bits per heavy atom. The fourth-order valence-corrected chi connectivity index (χ4v) is 4.63. The van der Waals surface area contributed by atoms with Gasteiger partial charge in [0.1, 0.15) is 6.54 Å². The lowest BCUT2D eigenvalue weighted by Crippen LogP contribution is -2.44. The maximum atomic E-state index is 13.4. The summed E-state index contributed by atoms with van der Waals surface area (Å²) in [7, 11) is 0. The average Bonchev–Trinajstić information content (AvgIpc) is 3.39. The molecule has 35 heavy (non-hydrogen) atoms. The van der Waals surface area contributed by atoms with E-state index < -0.39 is 0 Å². The van der Waals surface area contributed by atoms with Crippen LogP contribution in [-0.2, 0) is 4.79 Å². The largest absolute Gasteiger partial charge is 0.371 e. The number of benzene rings is 2. The van der Waals surface area contributed by atoms with Gasteiger partial charge in [0.2, 0.25) is 5.91 Å². The van der Waals surface area contributed by atoms with Crippen LogP contribution in [0.2, 0.25) is 0 Å². The Balaban J connectivity index is 1.21. The van der Waals surface area contributed by atoms with Crippen LogP contribution in [0.5, 0.6) is 0 Å². The number of para-hydroxylation sites is 1. The van der Waals surface area contributed by atoms with Crippen molar-refractivity contribution >= 4 is 34.1 Å². The number of hydrogen-bond acceptors (Lipinski definition) is 4. The first-order valence-corrected chi connectivity index (χ1v) is 12.0. The monoisotopic (exact) mass is 467 g/mol. The summed E-state index contributed by atoms with van der Waals surface area (Å²) in [5.74, 6) is 0.0708. The van der Waals surface area contributed by atoms with E-state index >= 15 is 0 Å². The van der Waals surface area contributed by atoms with Gasteiger partial charge >= 0.3 is 0 Å². The summed E-state index contributed by atoms with van der Waals surface area (Å²) in [5, 5.41) is 4.11. The molecular formula is C28H29N5O2. The lowest BCUT2D eigenvalue weighted by atomic mass is 9.96. The zero-order chi connectivity index (χ0) is 24.0. The lowest BCUT2D eigenvalue weighted by Gasteiger charge is -2.33. The van der Waals surface area contributed by atoms with E-state index in [0.717, 1.165) is 36.8 Å². The SMILES string of the molecule is O=C(CN(C(=O)c1ccc2cc[nH]c2c1)c1ccccc1)NCC1CCN(c2ccncc2)CC1. The van der Waals surface area contributed by atoms with Crippen LogP contribution in [0.15, 0.2) is 85.3 Å². The van der Waals surface area contributed by atoms with Crippen LogP contribution in [0.4, 0.5) is 11.4 Å². The van der Waals surface area contributed by atoms with Crippen molar-refractivity contribution in [3.63, 3.8) is 0 Å². The second-order valence-electron chi connectivity index (χ2n) is 8.95. The van der Waals surface area contributed by atoms with Gasteiger partial charge in [0, 0.05) is 60.7 Å². The van der Waals surface area contributed by atoms with Crippen molar-refractivity contribution in [1.82, 2.24) is 15.3 Å². The molecule has 1 saturated heterocycles. The van der Waals surface area contributed by atoms with Gasteiger partial charge in [-0.3, -0.25) is 19.5 Å². The molecular weight excluding hydrogens is 438 g/mol. The predicted octanol–water partition coefficient (Wildman–Crippen LogP) is 4.24. The number of carbonyl (C=O) groups excluding carboxylic acids is 2. The highest BCUT2D eigenvalue weighted by Crippen LogP contribution is 2.23. The first-order valence-electron chi connectivity index (χ1n) is 12.0. The van der Waals surface area contributed by atoms with E-state index in [-0.39, 0.29) is 18.4 Å². The normalized spacial score (nSPS) is 14.1. The first kappa shape index (κ1) is 22.7. The predicted molar refractivity (Wildman–Crippen MR) is 139 cm³/mol. The third-order valence-corrected chi connectivity index (χ3v) is 6.65. The number of pyridine rings is 1. The van der Waals surface area contributed by atoms with E-state index in [1.54, 1.807) is 4.90 Å². The maximum Gasteiger partial charge on any atom is 0.258 e. The topological polar surface area (TPSA) is 81.3 Å². The number of hydrogen-bond donors (Lipinski definition) is 2. The van der Waals surface area contributed by atoms with Gasteiger partial charge in [-0.05, 0) is 66.6 Å². The molecule has 0 spiro atoms. The minimum atomic E-state index is -0.200. The highest BCUT2D eigenvalue weighted by Gasteiger charge is 2.23. The zero-order valence-electron chi connectivity index (χ0n) is 19.6. The molecule has 2 aromatic heterocycles. The molecule has 0 aliphatic carbocycles. The minimum absolute atomic E-state index is 0.0263. The zero-order valence-corrected chi connectivity index (χ0v) is 19.6. The number of amides is 2. The Bertz CT molecular complexity index is 1280. The van der Waals surface area contributed by atoms with Crippen LogP contribution >= 0.6 is 0 Å². The Labute approximate surface area is 204 Å². The molecule has 1 aliphatic rings. The molecule has 2 amide bonds. The smallest absolute Gasteiger partial charge is 0.258 e. The molecule has 2 aromatic carbocycles. The number of nitrogens with zero attached hydrogens (tertiary/aromatic N) is 3. The number of rotatable bonds is 7. The van der Waals surface area contributed by atoms with Crippen molar-refractivity contribution in [3.8, 4) is 0 Å². The van der Waals surface area contributed by atoms with Gasteiger partial charge < -0.3 is 15.2 Å². The number of piperidine rings is 1. The second kappa shape index (κ2) is 10.4. The molecule has 0 unspecified atom stereocenters. The van der Waals surface area contributed by atoms with E-state index in [4.69, 9.17) is 0 Å².